The van der Waals surface area contributed by atoms with Gasteiger partial charge in [0.05, 0.1) is 11.5 Å². The van der Waals surface area contributed by atoms with Crippen molar-refractivity contribution >= 4 is 15.8 Å². The van der Waals surface area contributed by atoms with Crippen molar-refractivity contribution in [2.45, 2.75) is 11.3 Å². The van der Waals surface area contributed by atoms with Crippen molar-refractivity contribution in [1.82, 2.24) is 19.3 Å². The van der Waals surface area contributed by atoms with Gasteiger partial charge in [-0.05, 0) is 35.9 Å². The molecule has 9 heteroatoms. The number of nitrogens with one attached hydrogen (secondary N) is 2. The summed E-state index contributed by atoms with van der Waals surface area (Å²) in [5.74, 6) is 2.12. The molecule has 1 aliphatic heterocycles. The third-order valence-corrected chi connectivity index (χ3v) is 5.67. The second-order valence-electron chi connectivity index (χ2n) is 6.04. The van der Waals surface area contributed by atoms with Gasteiger partial charge in [0.2, 0.25) is 10.0 Å². The van der Waals surface area contributed by atoms with Gasteiger partial charge in [-0.25, -0.2) is 23.1 Å². The highest BCUT2D eigenvalue weighted by molar-refractivity contribution is 7.89. The van der Waals surface area contributed by atoms with Crippen LogP contribution in [0.1, 0.15) is 5.56 Å². The fraction of sp³-hybridized carbons (Fsp3) is 0.222. The fourth-order valence-corrected chi connectivity index (χ4v) is 3.94. The molecule has 3 heterocycles. The maximum absolute atomic E-state index is 12.4. The van der Waals surface area contributed by atoms with Gasteiger partial charge in [-0.1, -0.05) is 0 Å². The molecule has 2 aromatic heterocycles. The minimum atomic E-state index is -3.56. The van der Waals surface area contributed by atoms with Gasteiger partial charge in [-0.2, -0.15) is 0 Å². The lowest BCUT2D eigenvalue weighted by Crippen LogP contribution is -2.29. The first kappa shape index (κ1) is 17.5. The van der Waals surface area contributed by atoms with E-state index in [1.54, 1.807) is 24.3 Å². The van der Waals surface area contributed by atoms with Crippen molar-refractivity contribution in [3.05, 3.63) is 60.7 Å². The van der Waals surface area contributed by atoms with E-state index in [2.05, 4.69) is 20.0 Å². The van der Waals surface area contributed by atoms with Crippen LogP contribution in [-0.2, 0) is 16.4 Å². The van der Waals surface area contributed by atoms with Gasteiger partial charge in [-0.3, -0.25) is 0 Å². The van der Waals surface area contributed by atoms with Gasteiger partial charge in [-0.15, -0.1) is 0 Å². The maximum atomic E-state index is 12.4. The summed E-state index contributed by atoms with van der Waals surface area (Å²) in [4.78, 5) is 8.62. The lowest BCUT2D eigenvalue weighted by atomic mass is 10.2. The predicted molar refractivity (Wildman–Crippen MR) is 101 cm³/mol. The Kier molecular flexibility index (Phi) is 4.78. The van der Waals surface area contributed by atoms with Crippen LogP contribution in [0.2, 0.25) is 0 Å². The Morgan fingerprint density at radius 1 is 1.11 bits per heavy atom. The predicted octanol–water partition coefficient (Wildman–Crippen LogP) is 1.59. The van der Waals surface area contributed by atoms with E-state index in [4.69, 9.17) is 4.74 Å². The molecule has 0 saturated carbocycles. The molecule has 0 atom stereocenters. The Balaban J connectivity index is 1.34. The van der Waals surface area contributed by atoms with Crippen molar-refractivity contribution in [3.63, 3.8) is 0 Å². The molecule has 0 unspecified atom stereocenters. The summed E-state index contributed by atoms with van der Waals surface area (Å²) < 4.78 is 34.8. The SMILES string of the molecule is O=S(=O)(NCCNc1cc(-n2cccc2)ncn1)c1ccc2c(c1)CCO2. The highest BCUT2D eigenvalue weighted by Crippen LogP contribution is 2.27. The number of fused-ring (bicyclic) bond motifs is 1. The third kappa shape index (κ3) is 3.93. The molecule has 8 nitrogen and oxygen atoms in total. The maximum Gasteiger partial charge on any atom is 0.240 e. The normalized spacial score (nSPS) is 13.2. The first-order chi connectivity index (χ1) is 13.1. The highest BCUT2D eigenvalue weighted by Gasteiger charge is 2.18. The van der Waals surface area contributed by atoms with Gasteiger partial charge in [0.25, 0.3) is 0 Å². The molecular formula is C18H19N5O3S. The summed E-state index contributed by atoms with van der Waals surface area (Å²) >= 11 is 0. The Bertz CT molecular complexity index is 1030. The molecule has 4 rings (SSSR count). The smallest absolute Gasteiger partial charge is 0.240 e. The molecule has 0 aliphatic carbocycles. The zero-order valence-corrected chi connectivity index (χ0v) is 15.3. The summed E-state index contributed by atoms with van der Waals surface area (Å²) in [5, 5.41) is 3.10. The van der Waals surface area contributed by atoms with E-state index in [0.717, 1.165) is 23.6 Å². The molecule has 0 spiro atoms. The summed E-state index contributed by atoms with van der Waals surface area (Å²) in [6, 6.07) is 10.6. The number of sulfonamides is 1. The minimum absolute atomic E-state index is 0.235. The molecule has 2 N–H and O–H groups in total. The van der Waals surface area contributed by atoms with Gasteiger partial charge in [0.15, 0.2) is 0 Å². The Morgan fingerprint density at radius 2 is 1.96 bits per heavy atom. The second-order valence-corrected chi connectivity index (χ2v) is 7.81. The summed E-state index contributed by atoms with van der Waals surface area (Å²) in [6.07, 6.45) is 5.98. The average molecular weight is 385 g/mol. The fourth-order valence-electron chi connectivity index (χ4n) is 2.86. The Morgan fingerprint density at radius 3 is 2.81 bits per heavy atom. The lowest BCUT2D eigenvalue weighted by Gasteiger charge is -2.10. The number of benzene rings is 1. The third-order valence-electron chi connectivity index (χ3n) is 4.22. The van der Waals surface area contributed by atoms with Crippen molar-refractivity contribution < 1.29 is 13.2 Å². The molecule has 0 fully saturated rings. The van der Waals surface area contributed by atoms with Crippen molar-refractivity contribution in [2.24, 2.45) is 0 Å². The number of aromatic nitrogens is 3. The van der Waals surface area contributed by atoms with Gasteiger partial charge < -0.3 is 14.6 Å². The average Bonchev–Trinajstić information content (AvgIpc) is 3.36. The van der Waals surface area contributed by atoms with Crippen LogP contribution in [-0.4, -0.2) is 42.6 Å². The molecule has 0 bridgehead atoms. The largest absolute Gasteiger partial charge is 0.493 e. The number of hydrogen-bond donors (Lipinski definition) is 2. The van der Waals surface area contributed by atoms with Gasteiger partial charge in [0.1, 0.15) is 23.7 Å². The monoisotopic (exact) mass is 385 g/mol. The van der Waals surface area contributed by atoms with Crippen LogP contribution >= 0.6 is 0 Å². The van der Waals surface area contributed by atoms with E-state index in [1.165, 1.54) is 6.33 Å². The topological polar surface area (TPSA) is 98.1 Å². The van der Waals surface area contributed by atoms with Crippen LogP contribution in [0.3, 0.4) is 0 Å². The van der Waals surface area contributed by atoms with Crippen LogP contribution in [0.4, 0.5) is 5.82 Å². The molecule has 3 aromatic rings. The van der Waals surface area contributed by atoms with Crippen molar-refractivity contribution in [1.29, 1.82) is 0 Å². The summed E-state index contributed by atoms with van der Waals surface area (Å²) in [6.45, 7) is 1.23. The molecule has 0 saturated heterocycles. The van der Waals surface area contributed by atoms with Crippen LogP contribution in [0, 0.1) is 0 Å². The van der Waals surface area contributed by atoms with Crippen LogP contribution < -0.4 is 14.8 Å². The first-order valence-corrected chi connectivity index (χ1v) is 10.0. The number of ether oxygens (including phenoxy) is 1. The summed E-state index contributed by atoms with van der Waals surface area (Å²) in [5.41, 5.74) is 0.925. The van der Waals surface area contributed by atoms with Crippen LogP contribution in [0.15, 0.2) is 60.0 Å². The van der Waals surface area contributed by atoms with Gasteiger partial charge in [0, 0.05) is 38.0 Å². The van der Waals surface area contributed by atoms with Crippen molar-refractivity contribution in [3.8, 4) is 11.6 Å². The van der Waals surface area contributed by atoms with E-state index in [0.29, 0.717) is 19.0 Å². The molecule has 1 aromatic carbocycles. The zero-order valence-electron chi connectivity index (χ0n) is 14.5. The Labute approximate surface area is 157 Å². The number of hydrogen-bond acceptors (Lipinski definition) is 6. The molecular weight excluding hydrogens is 366 g/mol. The first-order valence-electron chi connectivity index (χ1n) is 8.56. The van der Waals surface area contributed by atoms with E-state index in [1.807, 2.05) is 29.1 Å². The highest BCUT2D eigenvalue weighted by atomic mass is 32.2. The number of nitrogens with zero attached hydrogens (tertiary/aromatic N) is 3. The number of anilines is 1. The molecule has 0 radical (unpaired) electrons. The molecule has 27 heavy (non-hydrogen) atoms. The van der Waals surface area contributed by atoms with Crippen molar-refractivity contribution in [2.75, 3.05) is 25.0 Å². The molecule has 0 amide bonds. The zero-order chi connectivity index (χ0) is 18.7. The van der Waals surface area contributed by atoms with E-state index in [9.17, 15) is 8.42 Å². The molecule has 140 valence electrons. The van der Waals surface area contributed by atoms with Crippen LogP contribution in [0.5, 0.6) is 5.75 Å². The quantitative estimate of drug-likeness (QED) is 0.600. The molecule has 1 aliphatic rings. The Hall–Kier alpha value is -2.91. The number of rotatable bonds is 7. The standard InChI is InChI=1S/C18H19N5O3S/c24-27(25,15-3-4-16-14(11-15)5-10-26-16)22-7-6-19-17-12-18(21-13-20-17)23-8-1-2-9-23/h1-4,8-9,11-13,22H,5-7,10H2,(H,19,20,21). The second kappa shape index (κ2) is 7.37. The van der Waals surface area contributed by atoms with E-state index < -0.39 is 10.0 Å². The van der Waals surface area contributed by atoms with E-state index in [-0.39, 0.29) is 11.4 Å². The van der Waals surface area contributed by atoms with Crippen LogP contribution in [0.25, 0.3) is 5.82 Å². The summed E-state index contributed by atoms with van der Waals surface area (Å²) in [7, 11) is -3.56. The van der Waals surface area contributed by atoms with E-state index >= 15 is 0 Å². The minimum Gasteiger partial charge on any atom is -0.493 e. The lowest BCUT2D eigenvalue weighted by molar-refractivity contribution is 0.356. The van der Waals surface area contributed by atoms with Gasteiger partial charge >= 0.3 is 0 Å².